The Morgan fingerprint density at radius 3 is 2.35 bits per heavy atom. The molecule has 0 rings (SSSR count). The minimum atomic E-state index is -0.910. The van der Waals surface area contributed by atoms with E-state index in [-0.39, 0.29) is 12.5 Å². The zero-order valence-electron chi connectivity index (χ0n) is 10.4. The first-order valence-corrected chi connectivity index (χ1v) is 5.51. The Morgan fingerprint density at radius 1 is 1.35 bits per heavy atom. The van der Waals surface area contributed by atoms with Crippen LogP contribution in [0.3, 0.4) is 0 Å². The number of rotatable bonds is 6. The molecule has 0 bridgehead atoms. The highest BCUT2D eigenvalue weighted by molar-refractivity contribution is 5.95. The Kier molecular flexibility index (Phi) is 7.13. The minimum Gasteiger partial charge on any atom is -0.465 e. The van der Waals surface area contributed by atoms with Crippen molar-refractivity contribution in [2.45, 2.75) is 27.2 Å². The van der Waals surface area contributed by atoms with Gasteiger partial charge in [0.05, 0.1) is 18.4 Å². The SMILES string of the molecule is CCC(C)C(=O)OCC(CO)C(=O)NC(C)=O. The fourth-order valence-corrected chi connectivity index (χ4v) is 0.979. The molecule has 98 valence electrons. The zero-order valence-corrected chi connectivity index (χ0v) is 10.4. The van der Waals surface area contributed by atoms with E-state index in [1.54, 1.807) is 6.92 Å². The van der Waals surface area contributed by atoms with Crippen LogP contribution in [0.1, 0.15) is 27.2 Å². The van der Waals surface area contributed by atoms with Gasteiger partial charge in [-0.2, -0.15) is 0 Å². The molecule has 6 heteroatoms. The molecule has 0 saturated heterocycles. The van der Waals surface area contributed by atoms with Crippen molar-refractivity contribution in [3.05, 3.63) is 0 Å². The molecule has 2 amide bonds. The predicted molar refractivity (Wildman–Crippen MR) is 59.8 cm³/mol. The van der Waals surface area contributed by atoms with E-state index in [0.29, 0.717) is 6.42 Å². The van der Waals surface area contributed by atoms with Crippen LogP contribution in [0.5, 0.6) is 0 Å². The van der Waals surface area contributed by atoms with Gasteiger partial charge in [0, 0.05) is 6.92 Å². The third-order valence-corrected chi connectivity index (χ3v) is 2.33. The summed E-state index contributed by atoms with van der Waals surface area (Å²) in [5.41, 5.74) is 0. The molecular weight excluding hydrogens is 226 g/mol. The van der Waals surface area contributed by atoms with Gasteiger partial charge >= 0.3 is 5.97 Å². The van der Waals surface area contributed by atoms with Gasteiger partial charge in [0.15, 0.2) is 0 Å². The fourth-order valence-electron chi connectivity index (χ4n) is 0.979. The molecule has 0 aromatic heterocycles. The Hall–Kier alpha value is -1.43. The van der Waals surface area contributed by atoms with Gasteiger partial charge in [-0.3, -0.25) is 19.7 Å². The van der Waals surface area contributed by atoms with Crippen LogP contribution in [0.25, 0.3) is 0 Å². The van der Waals surface area contributed by atoms with E-state index in [4.69, 9.17) is 9.84 Å². The summed E-state index contributed by atoms with van der Waals surface area (Å²) in [5, 5.41) is 11.0. The summed E-state index contributed by atoms with van der Waals surface area (Å²) in [6.07, 6.45) is 0.641. The second-order valence-electron chi connectivity index (χ2n) is 3.86. The highest BCUT2D eigenvalue weighted by atomic mass is 16.5. The van der Waals surface area contributed by atoms with E-state index < -0.39 is 30.3 Å². The number of ether oxygens (including phenoxy) is 1. The van der Waals surface area contributed by atoms with Gasteiger partial charge in [-0.1, -0.05) is 13.8 Å². The second-order valence-corrected chi connectivity index (χ2v) is 3.86. The summed E-state index contributed by atoms with van der Waals surface area (Å²) >= 11 is 0. The van der Waals surface area contributed by atoms with Crippen molar-refractivity contribution >= 4 is 17.8 Å². The van der Waals surface area contributed by atoms with Crippen LogP contribution in [0, 0.1) is 11.8 Å². The number of amides is 2. The van der Waals surface area contributed by atoms with Crippen LogP contribution in [-0.4, -0.2) is 36.1 Å². The first-order chi connectivity index (χ1) is 7.92. The zero-order chi connectivity index (χ0) is 13.4. The lowest BCUT2D eigenvalue weighted by Gasteiger charge is -2.15. The maximum atomic E-state index is 11.4. The average Bonchev–Trinajstić information content (AvgIpc) is 2.27. The lowest BCUT2D eigenvalue weighted by molar-refractivity contribution is -0.151. The van der Waals surface area contributed by atoms with Crippen molar-refractivity contribution in [3.63, 3.8) is 0 Å². The lowest BCUT2D eigenvalue weighted by Crippen LogP contribution is -2.38. The summed E-state index contributed by atoms with van der Waals surface area (Å²) < 4.78 is 4.88. The molecule has 0 aliphatic heterocycles. The summed E-state index contributed by atoms with van der Waals surface area (Å²) in [7, 11) is 0. The van der Waals surface area contributed by atoms with Gasteiger partial charge in [-0.15, -0.1) is 0 Å². The smallest absolute Gasteiger partial charge is 0.308 e. The van der Waals surface area contributed by atoms with Crippen molar-refractivity contribution in [3.8, 4) is 0 Å². The molecular formula is C11H19NO5. The highest BCUT2D eigenvalue weighted by Gasteiger charge is 2.21. The van der Waals surface area contributed by atoms with Crippen molar-refractivity contribution in [1.29, 1.82) is 0 Å². The molecule has 0 fully saturated rings. The van der Waals surface area contributed by atoms with Crippen LogP contribution in [0.2, 0.25) is 0 Å². The number of hydrogen-bond donors (Lipinski definition) is 2. The van der Waals surface area contributed by atoms with Crippen molar-refractivity contribution in [1.82, 2.24) is 5.32 Å². The van der Waals surface area contributed by atoms with Crippen LogP contribution < -0.4 is 5.32 Å². The minimum absolute atomic E-state index is 0.223. The first-order valence-electron chi connectivity index (χ1n) is 5.51. The van der Waals surface area contributed by atoms with E-state index in [2.05, 4.69) is 0 Å². The van der Waals surface area contributed by atoms with E-state index in [9.17, 15) is 14.4 Å². The van der Waals surface area contributed by atoms with Crippen molar-refractivity contribution < 1.29 is 24.2 Å². The van der Waals surface area contributed by atoms with E-state index in [1.807, 2.05) is 12.2 Å². The van der Waals surface area contributed by atoms with Crippen LogP contribution in [0.15, 0.2) is 0 Å². The number of carbonyl (C=O) groups is 3. The van der Waals surface area contributed by atoms with Crippen LogP contribution in [-0.2, 0) is 19.1 Å². The third-order valence-electron chi connectivity index (χ3n) is 2.33. The molecule has 17 heavy (non-hydrogen) atoms. The third kappa shape index (κ3) is 6.01. The molecule has 0 aliphatic carbocycles. The van der Waals surface area contributed by atoms with Crippen molar-refractivity contribution in [2.24, 2.45) is 11.8 Å². The molecule has 0 spiro atoms. The van der Waals surface area contributed by atoms with Gasteiger partial charge in [0.1, 0.15) is 6.61 Å². The fraction of sp³-hybridized carbons (Fsp3) is 0.727. The average molecular weight is 245 g/mol. The molecule has 0 aromatic rings. The second kappa shape index (κ2) is 7.78. The Bertz CT molecular complexity index is 290. The molecule has 0 aliphatic rings. The molecule has 0 radical (unpaired) electrons. The number of carbonyl (C=O) groups excluding carboxylic acids is 3. The summed E-state index contributed by atoms with van der Waals surface area (Å²) in [6, 6.07) is 0. The van der Waals surface area contributed by atoms with Gasteiger partial charge < -0.3 is 9.84 Å². The maximum Gasteiger partial charge on any atom is 0.308 e. The lowest BCUT2D eigenvalue weighted by atomic mass is 10.1. The predicted octanol–water partition coefficient (Wildman–Crippen LogP) is -0.153. The number of nitrogens with one attached hydrogen (secondary N) is 1. The van der Waals surface area contributed by atoms with Crippen LogP contribution >= 0.6 is 0 Å². The summed E-state index contributed by atoms with van der Waals surface area (Å²) in [4.78, 5) is 33.3. The molecule has 2 atom stereocenters. The molecule has 0 aromatic carbocycles. The van der Waals surface area contributed by atoms with Gasteiger partial charge in [-0.05, 0) is 6.42 Å². The van der Waals surface area contributed by atoms with Crippen LogP contribution in [0.4, 0.5) is 0 Å². The number of imide groups is 1. The monoisotopic (exact) mass is 245 g/mol. The number of aliphatic hydroxyl groups excluding tert-OH is 1. The molecule has 2 N–H and O–H groups in total. The number of hydrogen-bond acceptors (Lipinski definition) is 5. The largest absolute Gasteiger partial charge is 0.465 e. The molecule has 0 saturated carbocycles. The summed E-state index contributed by atoms with van der Waals surface area (Å²) in [6.45, 7) is 4.05. The standard InChI is InChI=1S/C11H19NO5/c1-4-7(2)11(16)17-6-9(5-13)10(15)12-8(3)14/h7,9,13H,4-6H2,1-3H3,(H,12,14,15). The molecule has 2 unspecified atom stereocenters. The molecule has 6 nitrogen and oxygen atoms in total. The first kappa shape index (κ1) is 15.6. The number of aliphatic hydroxyl groups is 1. The Morgan fingerprint density at radius 2 is 1.94 bits per heavy atom. The molecule has 0 heterocycles. The number of esters is 1. The van der Waals surface area contributed by atoms with Gasteiger partial charge in [0.2, 0.25) is 11.8 Å². The van der Waals surface area contributed by atoms with Gasteiger partial charge in [-0.25, -0.2) is 0 Å². The van der Waals surface area contributed by atoms with E-state index >= 15 is 0 Å². The Balaban J connectivity index is 4.18. The normalized spacial score (nSPS) is 13.6. The maximum absolute atomic E-state index is 11.4. The van der Waals surface area contributed by atoms with Gasteiger partial charge in [0.25, 0.3) is 0 Å². The van der Waals surface area contributed by atoms with Crippen molar-refractivity contribution in [2.75, 3.05) is 13.2 Å². The summed E-state index contributed by atoms with van der Waals surface area (Å²) in [5.74, 6) is -2.72. The quantitative estimate of drug-likeness (QED) is 0.635. The van der Waals surface area contributed by atoms with E-state index in [1.165, 1.54) is 6.92 Å². The van der Waals surface area contributed by atoms with E-state index in [0.717, 1.165) is 0 Å². The highest BCUT2D eigenvalue weighted by Crippen LogP contribution is 2.05. The Labute approximate surface area is 100 Å². The topological polar surface area (TPSA) is 92.7 Å².